The quantitative estimate of drug-likeness (QED) is 0.344. The van der Waals surface area contributed by atoms with Crippen molar-refractivity contribution >= 4 is 33.1 Å². The predicted molar refractivity (Wildman–Crippen MR) is 126 cm³/mol. The summed E-state index contributed by atoms with van der Waals surface area (Å²) in [5.74, 6) is 0.763. The summed E-state index contributed by atoms with van der Waals surface area (Å²) in [6.07, 6.45) is -4.45. The smallest absolute Gasteiger partial charge is 0.354 e. The Labute approximate surface area is 209 Å². The van der Waals surface area contributed by atoms with Gasteiger partial charge in [0.2, 0.25) is 10.0 Å². The third kappa shape index (κ3) is 5.27. The van der Waals surface area contributed by atoms with Crippen molar-refractivity contribution in [3.05, 3.63) is 74.9 Å². The number of sulfonamides is 1. The zero-order chi connectivity index (χ0) is 26.3. The average molecular weight is 542 g/mol. The molecule has 0 unspecified atom stereocenters. The summed E-state index contributed by atoms with van der Waals surface area (Å²) in [4.78, 5) is 20.8. The maximum atomic E-state index is 13.0. The average Bonchev–Trinajstić information content (AvgIpc) is 2.83. The molecule has 2 aromatic carbocycles. The van der Waals surface area contributed by atoms with Crippen molar-refractivity contribution in [3.63, 3.8) is 0 Å². The van der Waals surface area contributed by atoms with Crippen LogP contribution in [0.2, 0.25) is 5.02 Å². The highest BCUT2D eigenvalue weighted by Crippen LogP contribution is 2.32. The SMILES string of the molecule is Cc1cc(N2CCN(S(=O)(=O)c3ccc(Cl)c([N+](=O)[O-])c3)CC2)nc(-c2ccc(C(F)(F)F)cc2)n1. The van der Waals surface area contributed by atoms with Crippen LogP contribution in [0.5, 0.6) is 0 Å². The normalized spacial score (nSPS) is 15.2. The number of nitrogens with zero attached hydrogens (tertiary/aromatic N) is 5. The lowest BCUT2D eigenvalue weighted by Gasteiger charge is -2.34. The van der Waals surface area contributed by atoms with Crippen LogP contribution in [0, 0.1) is 17.0 Å². The fourth-order valence-corrected chi connectivity index (χ4v) is 5.38. The number of nitro benzene ring substituents is 1. The van der Waals surface area contributed by atoms with E-state index in [2.05, 4.69) is 9.97 Å². The van der Waals surface area contributed by atoms with Crippen molar-refractivity contribution in [3.8, 4) is 11.4 Å². The van der Waals surface area contributed by atoms with Gasteiger partial charge in [-0.05, 0) is 31.2 Å². The van der Waals surface area contributed by atoms with Gasteiger partial charge in [0.05, 0.1) is 15.4 Å². The van der Waals surface area contributed by atoms with Crippen LogP contribution in [0.1, 0.15) is 11.3 Å². The summed E-state index contributed by atoms with van der Waals surface area (Å²) in [7, 11) is -4.00. The van der Waals surface area contributed by atoms with Gasteiger partial charge in [-0.1, -0.05) is 23.7 Å². The van der Waals surface area contributed by atoms with Gasteiger partial charge in [-0.2, -0.15) is 17.5 Å². The lowest BCUT2D eigenvalue weighted by Crippen LogP contribution is -2.49. The Balaban J connectivity index is 1.52. The molecule has 1 aromatic heterocycles. The molecule has 0 N–H and O–H groups in total. The Morgan fingerprint density at radius 2 is 1.64 bits per heavy atom. The third-order valence-corrected chi connectivity index (χ3v) is 7.84. The zero-order valence-electron chi connectivity index (χ0n) is 18.7. The van der Waals surface area contributed by atoms with Crippen molar-refractivity contribution in [2.24, 2.45) is 0 Å². The van der Waals surface area contributed by atoms with Gasteiger partial charge in [-0.3, -0.25) is 10.1 Å². The highest BCUT2D eigenvalue weighted by molar-refractivity contribution is 7.89. The topological polar surface area (TPSA) is 110 Å². The van der Waals surface area contributed by atoms with E-state index in [1.54, 1.807) is 13.0 Å². The second kappa shape index (κ2) is 9.64. The second-order valence-electron chi connectivity index (χ2n) is 8.03. The van der Waals surface area contributed by atoms with Crippen LogP contribution in [0.4, 0.5) is 24.7 Å². The first kappa shape index (κ1) is 25.8. The molecule has 4 rings (SSSR count). The molecule has 2 heterocycles. The highest BCUT2D eigenvalue weighted by atomic mass is 35.5. The van der Waals surface area contributed by atoms with Crippen LogP contribution in [-0.2, 0) is 16.2 Å². The minimum absolute atomic E-state index is 0.0947. The minimum atomic E-state index is -4.45. The maximum absolute atomic E-state index is 13.0. The van der Waals surface area contributed by atoms with E-state index in [9.17, 15) is 31.7 Å². The number of piperazine rings is 1. The van der Waals surface area contributed by atoms with Crippen molar-refractivity contribution in [1.82, 2.24) is 14.3 Å². The van der Waals surface area contributed by atoms with E-state index in [1.807, 2.05) is 4.90 Å². The van der Waals surface area contributed by atoms with E-state index in [0.717, 1.165) is 18.2 Å². The summed E-state index contributed by atoms with van der Waals surface area (Å²) in [5.41, 5.74) is -0.261. The van der Waals surface area contributed by atoms with E-state index < -0.39 is 32.4 Å². The molecule has 190 valence electrons. The standard InChI is InChI=1S/C22H19ClF3N5O4S/c1-14-12-20(28-21(27-14)15-2-4-16(5-3-15)22(24,25)26)29-8-10-30(11-9-29)36(34,35)17-6-7-18(23)19(13-17)31(32)33/h2-7,12-13H,8-11H2,1H3. The van der Waals surface area contributed by atoms with E-state index in [0.29, 0.717) is 17.1 Å². The van der Waals surface area contributed by atoms with Crippen LogP contribution >= 0.6 is 11.6 Å². The van der Waals surface area contributed by atoms with Gasteiger partial charge < -0.3 is 4.90 Å². The Morgan fingerprint density at radius 3 is 2.22 bits per heavy atom. The maximum Gasteiger partial charge on any atom is 0.416 e. The van der Waals surface area contributed by atoms with Gasteiger partial charge >= 0.3 is 6.18 Å². The number of halogens is 4. The first-order valence-corrected chi connectivity index (χ1v) is 12.4. The summed E-state index contributed by atoms with van der Waals surface area (Å²) in [6, 6.07) is 9.58. The van der Waals surface area contributed by atoms with E-state index >= 15 is 0 Å². The van der Waals surface area contributed by atoms with E-state index in [1.165, 1.54) is 28.6 Å². The van der Waals surface area contributed by atoms with Gasteiger partial charge in [0.1, 0.15) is 10.8 Å². The van der Waals surface area contributed by atoms with Gasteiger partial charge in [0.25, 0.3) is 5.69 Å². The fraction of sp³-hybridized carbons (Fsp3) is 0.273. The Kier molecular flexibility index (Phi) is 6.90. The van der Waals surface area contributed by atoms with Crippen molar-refractivity contribution in [2.45, 2.75) is 18.0 Å². The molecule has 0 spiro atoms. The number of aryl methyl sites for hydroxylation is 1. The molecule has 9 nitrogen and oxygen atoms in total. The van der Waals surface area contributed by atoms with Crippen LogP contribution < -0.4 is 4.90 Å². The van der Waals surface area contributed by atoms with Gasteiger partial charge in [0, 0.05) is 49.6 Å². The molecule has 0 aliphatic carbocycles. The molecule has 0 amide bonds. The molecule has 14 heteroatoms. The molecule has 36 heavy (non-hydrogen) atoms. The molecule has 3 aromatic rings. The van der Waals surface area contributed by atoms with Crippen LogP contribution in [-0.4, -0.2) is 53.8 Å². The van der Waals surface area contributed by atoms with Crippen LogP contribution in [0.15, 0.2) is 53.4 Å². The van der Waals surface area contributed by atoms with Crippen LogP contribution in [0.25, 0.3) is 11.4 Å². The molecular formula is C22H19ClF3N5O4S. The Bertz CT molecular complexity index is 1410. The first-order valence-electron chi connectivity index (χ1n) is 10.6. The Morgan fingerprint density at radius 1 is 1.00 bits per heavy atom. The number of aromatic nitrogens is 2. The summed E-state index contributed by atoms with van der Waals surface area (Å²) >= 11 is 5.79. The van der Waals surface area contributed by atoms with Crippen molar-refractivity contribution in [2.75, 3.05) is 31.1 Å². The highest BCUT2D eigenvalue weighted by Gasteiger charge is 2.32. The molecule has 1 aliphatic heterocycles. The lowest BCUT2D eigenvalue weighted by molar-refractivity contribution is -0.384. The van der Waals surface area contributed by atoms with Crippen molar-refractivity contribution < 1.29 is 26.5 Å². The third-order valence-electron chi connectivity index (χ3n) is 5.63. The number of hydrogen-bond acceptors (Lipinski definition) is 7. The molecular weight excluding hydrogens is 523 g/mol. The van der Waals surface area contributed by atoms with Gasteiger partial charge in [0.15, 0.2) is 5.82 Å². The number of alkyl halides is 3. The Hall–Kier alpha value is -3.29. The molecule has 1 saturated heterocycles. The largest absolute Gasteiger partial charge is 0.416 e. The number of benzene rings is 2. The zero-order valence-corrected chi connectivity index (χ0v) is 20.3. The number of anilines is 1. The minimum Gasteiger partial charge on any atom is -0.354 e. The van der Waals surface area contributed by atoms with Gasteiger partial charge in [-0.25, -0.2) is 18.4 Å². The first-order chi connectivity index (χ1) is 16.9. The lowest BCUT2D eigenvalue weighted by atomic mass is 10.1. The second-order valence-corrected chi connectivity index (χ2v) is 10.4. The van der Waals surface area contributed by atoms with E-state index in [4.69, 9.17) is 11.6 Å². The fourth-order valence-electron chi connectivity index (χ4n) is 3.75. The molecule has 0 bridgehead atoms. The number of nitro groups is 1. The van der Waals surface area contributed by atoms with Gasteiger partial charge in [-0.15, -0.1) is 0 Å². The predicted octanol–water partition coefficient (Wildman–Crippen LogP) is 4.54. The summed E-state index contributed by atoms with van der Waals surface area (Å²) in [5, 5.41) is 11.0. The van der Waals surface area contributed by atoms with E-state index in [-0.39, 0.29) is 41.9 Å². The number of rotatable bonds is 5. The molecule has 1 aliphatic rings. The van der Waals surface area contributed by atoms with Crippen LogP contribution in [0.3, 0.4) is 0 Å². The molecule has 0 radical (unpaired) electrons. The summed E-state index contributed by atoms with van der Waals surface area (Å²) in [6.45, 7) is 2.47. The summed E-state index contributed by atoms with van der Waals surface area (Å²) < 4.78 is 65.9. The van der Waals surface area contributed by atoms with Crippen molar-refractivity contribution in [1.29, 1.82) is 0 Å². The molecule has 0 saturated carbocycles. The molecule has 1 fully saturated rings. The molecule has 0 atom stereocenters. The monoisotopic (exact) mass is 541 g/mol. The number of hydrogen-bond donors (Lipinski definition) is 0.